The Morgan fingerprint density at radius 3 is 2.42 bits per heavy atom. The third-order valence-corrected chi connectivity index (χ3v) is 2.84. The Balaban J connectivity index is 3.28. The van der Waals surface area contributed by atoms with Crippen LogP contribution in [-0.2, 0) is 13.6 Å². The van der Waals surface area contributed by atoms with E-state index in [1.807, 2.05) is 0 Å². The van der Waals surface area contributed by atoms with Gasteiger partial charge in [0.25, 0.3) is 0 Å². The van der Waals surface area contributed by atoms with Gasteiger partial charge >= 0.3 is 17.1 Å². The maximum absolute atomic E-state index is 10.5. The minimum Gasteiger partial charge on any atom is -0.390 e. The number of rotatable bonds is 6. The van der Waals surface area contributed by atoms with Gasteiger partial charge in [0.05, 0.1) is 6.61 Å². The standard InChI is InChI=1S/C4H13O6PSi/c1-9-11(5)10-3-2-4-12(6,7)8/h6-8,11H,2-4H2,1H3. The Morgan fingerprint density at radius 1 is 1.42 bits per heavy atom. The van der Waals surface area contributed by atoms with Gasteiger partial charge in [0, 0.05) is 13.2 Å². The average molecular weight is 216 g/mol. The van der Waals surface area contributed by atoms with E-state index in [2.05, 4.69) is 9.05 Å². The molecule has 0 aromatic carbocycles. The molecule has 0 spiro atoms. The van der Waals surface area contributed by atoms with Crippen LogP contribution in [0.5, 0.6) is 0 Å². The predicted octanol–water partition coefficient (Wildman–Crippen LogP) is -0.655. The highest BCUT2D eigenvalue weighted by Crippen LogP contribution is 2.22. The molecule has 3 N–H and O–H groups in total. The van der Waals surface area contributed by atoms with Gasteiger partial charge in [-0.1, -0.05) is 0 Å². The molecule has 0 aliphatic carbocycles. The highest BCUT2D eigenvalue weighted by atomic mass is 31.1. The first-order valence-electron chi connectivity index (χ1n) is 3.33. The van der Waals surface area contributed by atoms with Crippen molar-refractivity contribution in [2.45, 2.75) is 12.5 Å². The lowest BCUT2D eigenvalue weighted by molar-refractivity contribution is 0.214. The molecular formula is C4H13O6PSi. The third-order valence-electron chi connectivity index (χ3n) is 1.04. The van der Waals surface area contributed by atoms with Crippen LogP contribution in [-0.4, -0.2) is 36.9 Å². The average Bonchev–Trinajstić information content (AvgIpc) is 1.96. The maximum atomic E-state index is 10.5. The minimum atomic E-state index is -3.95. The molecule has 6 nitrogen and oxygen atoms in total. The van der Waals surface area contributed by atoms with Gasteiger partial charge in [-0.05, 0) is 6.42 Å². The first kappa shape index (κ1) is 12.2. The second-order valence-electron chi connectivity index (χ2n) is 2.18. The molecule has 0 rings (SSSR count). The van der Waals surface area contributed by atoms with Gasteiger partial charge in [0.15, 0.2) is 0 Å². The zero-order valence-electron chi connectivity index (χ0n) is 6.69. The van der Waals surface area contributed by atoms with Crippen molar-refractivity contribution >= 4 is 17.1 Å². The van der Waals surface area contributed by atoms with Gasteiger partial charge in [-0.3, -0.25) is 4.57 Å². The van der Waals surface area contributed by atoms with E-state index >= 15 is 0 Å². The molecule has 0 fully saturated rings. The fourth-order valence-corrected chi connectivity index (χ4v) is 1.57. The third kappa shape index (κ3) is 8.34. The first-order valence-corrected chi connectivity index (χ1v) is 6.61. The Bertz CT molecular complexity index is 145. The summed E-state index contributed by atoms with van der Waals surface area (Å²) >= 11 is 0. The summed E-state index contributed by atoms with van der Waals surface area (Å²) in [5.41, 5.74) is 0. The molecule has 0 radical (unpaired) electrons. The summed E-state index contributed by atoms with van der Waals surface area (Å²) in [5.74, 6) is 0. The molecule has 74 valence electrons. The molecule has 8 heteroatoms. The zero-order chi connectivity index (χ0) is 9.61. The lowest BCUT2D eigenvalue weighted by Gasteiger charge is -2.08. The van der Waals surface area contributed by atoms with Crippen LogP contribution >= 0.6 is 8.25 Å². The molecule has 0 amide bonds. The Kier molecular flexibility index (Phi) is 5.94. The van der Waals surface area contributed by atoms with E-state index in [-0.39, 0.29) is 19.1 Å². The highest BCUT2D eigenvalue weighted by molar-refractivity contribution is 7.33. The first-order chi connectivity index (χ1) is 5.45. The van der Waals surface area contributed by atoms with Crippen molar-refractivity contribution < 1.29 is 28.0 Å². The predicted molar refractivity (Wildman–Crippen MR) is 43.8 cm³/mol. The van der Waals surface area contributed by atoms with Crippen LogP contribution in [0.15, 0.2) is 0 Å². The van der Waals surface area contributed by atoms with Crippen molar-refractivity contribution in [3.8, 4) is 0 Å². The van der Waals surface area contributed by atoms with Crippen LogP contribution in [0.4, 0.5) is 0 Å². The summed E-state index contributed by atoms with van der Waals surface area (Å²) in [7, 11) is -5.12. The molecule has 0 saturated heterocycles. The Morgan fingerprint density at radius 2 is 2.00 bits per heavy atom. The Hall–Kier alpha value is 0.247. The summed E-state index contributed by atoms with van der Waals surface area (Å²) < 4.78 is 19.4. The largest absolute Gasteiger partial charge is 0.492 e. The number of hydrogen-bond acceptors (Lipinski definition) is 6. The minimum absolute atomic E-state index is 0.0854. The van der Waals surface area contributed by atoms with E-state index in [1.54, 1.807) is 0 Å². The smallest absolute Gasteiger partial charge is 0.390 e. The molecule has 0 aromatic rings. The summed E-state index contributed by atoms with van der Waals surface area (Å²) in [5, 5.41) is 0. The molecule has 0 saturated carbocycles. The lowest BCUT2D eigenvalue weighted by Crippen LogP contribution is -2.34. The molecule has 1 unspecified atom stereocenters. The molecule has 0 aliphatic rings. The molecule has 0 aromatic heterocycles. The fraction of sp³-hybridized carbons (Fsp3) is 1.00. The monoisotopic (exact) mass is 216 g/mol. The summed E-state index contributed by atoms with van der Waals surface area (Å²) in [6.07, 6.45) is 0.246. The van der Waals surface area contributed by atoms with Crippen molar-refractivity contribution in [1.82, 2.24) is 0 Å². The van der Waals surface area contributed by atoms with Crippen LogP contribution in [0.2, 0.25) is 6.04 Å². The molecule has 0 heterocycles. The van der Waals surface area contributed by atoms with Crippen molar-refractivity contribution in [2.75, 3.05) is 13.7 Å². The topological polar surface area (TPSA) is 96.2 Å². The van der Waals surface area contributed by atoms with Crippen LogP contribution in [0.25, 0.3) is 0 Å². The molecule has 0 bridgehead atoms. The van der Waals surface area contributed by atoms with Crippen LogP contribution < -0.4 is 0 Å². The van der Waals surface area contributed by atoms with Gasteiger partial charge in [0.2, 0.25) is 0 Å². The summed E-state index contributed by atoms with van der Waals surface area (Å²) in [6.45, 7) is 0.0854. The van der Waals surface area contributed by atoms with Gasteiger partial charge in [0.1, 0.15) is 0 Å². The normalized spacial score (nSPS) is 14.7. The van der Waals surface area contributed by atoms with Gasteiger partial charge < -0.3 is 23.4 Å². The molecule has 0 aliphatic heterocycles. The van der Waals surface area contributed by atoms with Gasteiger partial charge in [-0.2, -0.15) is 0 Å². The zero-order valence-corrected chi connectivity index (χ0v) is 8.69. The van der Waals surface area contributed by atoms with Gasteiger partial charge in [-0.15, -0.1) is 0 Å². The van der Waals surface area contributed by atoms with Crippen LogP contribution in [0, 0.1) is 0 Å². The van der Waals surface area contributed by atoms with Crippen LogP contribution in [0.1, 0.15) is 6.42 Å². The second kappa shape index (κ2) is 5.82. The molecular weight excluding hydrogens is 203 g/mol. The van der Waals surface area contributed by atoms with E-state index in [9.17, 15) is 4.57 Å². The van der Waals surface area contributed by atoms with Gasteiger partial charge in [-0.25, -0.2) is 0 Å². The van der Waals surface area contributed by atoms with E-state index in [1.165, 1.54) is 7.11 Å². The molecule has 1 atom stereocenters. The quantitative estimate of drug-likeness (QED) is 0.310. The van der Waals surface area contributed by atoms with Crippen molar-refractivity contribution in [3.63, 3.8) is 0 Å². The van der Waals surface area contributed by atoms with E-state index in [0.717, 1.165) is 0 Å². The van der Waals surface area contributed by atoms with E-state index in [0.29, 0.717) is 0 Å². The highest BCUT2D eigenvalue weighted by Gasteiger charge is 2.25. The van der Waals surface area contributed by atoms with Crippen LogP contribution in [0.3, 0.4) is 0 Å². The Labute approximate surface area is 72.1 Å². The number of hydrogen-bond donors (Lipinski definition) is 3. The maximum Gasteiger partial charge on any atom is 0.492 e. The summed E-state index contributed by atoms with van der Waals surface area (Å²) in [6, 6.07) is -0.119. The summed E-state index contributed by atoms with van der Waals surface area (Å²) in [4.78, 5) is 25.6. The van der Waals surface area contributed by atoms with E-state index in [4.69, 9.17) is 14.4 Å². The fourth-order valence-electron chi connectivity index (χ4n) is 0.524. The second-order valence-corrected chi connectivity index (χ2v) is 5.43. The van der Waals surface area contributed by atoms with Crippen molar-refractivity contribution in [3.05, 3.63) is 0 Å². The van der Waals surface area contributed by atoms with Crippen molar-refractivity contribution in [2.24, 2.45) is 0 Å². The van der Waals surface area contributed by atoms with Crippen molar-refractivity contribution in [1.29, 1.82) is 0 Å². The molecule has 12 heavy (non-hydrogen) atoms. The lowest BCUT2D eigenvalue weighted by atomic mass is 10.5. The SMILES string of the molecule is CO[PH](=O)OCCC[Si](O)(O)O. The van der Waals surface area contributed by atoms with E-state index < -0.39 is 17.1 Å².